The van der Waals surface area contributed by atoms with Crippen molar-refractivity contribution in [2.45, 2.75) is 244 Å². The topological polar surface area (TPSA) is 179 Å². The van der Waals surface area contributed by atoms with Crippen LogP contribution in [0, 0.1) is 11.8 Å². The van der Waals surface area contributed by atoms with Crippen molar-refractivity contribution in [2.24, 2.45) is 11.8 Å². The molecule has 4 heterocycles. The molecule has 2 unspecified atom stereocenters. The number of carbonyl (C=O) groups excluding carboxylic acids is 4. The molecule has 4 aliphatic heterocycles. The number of esters is 4. The molecule has 15 nitrogen and oxygen atoms in total. The predicted octanol–water partition coefficient (Wildman–Crippen LogP) is 7.27. The van der Waals surface area contributed by atoms with E-state index in [4.69, 9.17) is 31.8 Å². The van der Waals surface area contributed by atoms with Gasteiger partial charge in [0.1, 0.15) is 24.4 Å². The van der Waals surface area contributed by atoms with Crippen LogP contribution in [0.1, 0.15) is 175 Å². The van der Waals surface area contributed by atoms with E-state index < -0.39 is 117 Å². The number of carbonyl (C=O) groups is 4. The van der Waals surface area contributed by atoms with E-state index in [9.17, 15) is 34.8 Å². The van der Waals surface area contributed by atoms with Gasteiger partial charge in [0.05, 0.1) is 24.7 Å². The van der Waals surface area contributed by atoms with Crippen LogP contribution in [0.5, 0.6) is 0 Å². The van der Waals surface area contributed by atoms with Crippen LogP contribution in [-0.4, -0.2) is 128 Å². The highest BCUT2D eigenvalue weighted by Crippen LogP contribution is 2.44. The standard InChI is InChI=1S/C44H78N4O11S/c1-37(2)19-27(20-38(3,4)45(37)53)56-33(49)17-31(35(51)58-29-23-41(9,10)47(55)42(11,12)24-29)32(36(52)59-30-25-43(13,14)48(60)44(15,16)26-30)18-34(50)57-28-21-39(5,6)46(54)40(7,8)22-28/h27-32,53-55,60H,17-26H2,1-16H3. The van der Waals surface area contributed by atoms with Gasteiger partial charge in [-0.15, -0.1) is 0 Å². The number of rotatable bonds is 11. The third-order valence-corrected chi connectivity index (χ3v) is 14.5. The Morgan fingerprint density at radius 3 is 0.867 bits per heavy atom. The molecule has 2 atom stereocenters. The van der Waals surface area contributed by atoms with Gasteiger partial charge in [-0.05, 0) is 111 Å². The average molecular weight is 871 g/mol. The number of piperidine rings is 4. The molecule has 0 bridgehead atoms. The summed E-state index contributed by atoms with van der Waals surface area (Å²) in [5, 5.41) is 36.6. The Labute approximate surface area is 364 Å². The Kier molecular flexibility index (Phi) is 14.5. The van der Waals surface area contributed by atoms with Gasteiger partial charge >= 0.3 is 23.9 Å². The first-order chi connectivity index (χ1) is 26.9. The van der Waals surface area contributed by atoms with E-state index in [0.29, 0.717) is 38.5 Å². The molecule has 0 aliphatic carbocycles. The van der Waals surface area contributed by atoms with Crippen molar-refractivity contribution < 1.29 is 53.7 Å². The molecular weight excluding hydrogens is 793 g/mol. The SMILES string of the molecule is CC1(C)CC(OC(=O)CC(C(=O)OC2CC(C)(C)N(O)C(C)(C)C2)C(CC(=O)OC2CC(C)(C)N(O)C(C)(C)C2)C(=O)OC2CC(C)(C)N(S)C(C)(C)C2)CC(C)(C)N1O. The summed E-state index contributed by atoms with van der Waals surface area (Å²) in [6.45, 7) is 30.1. The molecule has 3 N–H and O–H groups in total. The second-order valence-corrected chi connectivity index (χ2v) is 23.7. The summed E-state index contributed by atoms with van der Waals surface area (Å²) in [5.41, 5.74) is -5.47. The van der Waals surface area contributed by atoms with Crippen molar-refractivity contribution in [2.75, 3.05) is 0 Å². The van der Waals surface area contributed by atoms with Gasteiger partial charge in [-0.3, -0.25) is 19.2 Å². The van der Waals surface area contributed by atoms with Gasteiger partial charge in [-0.2, -0.15) is 15.2 Å². The summed E-state index contributed by atoms with van der Waals surface area (Å²) in [4.78, 5) is 57.7. The summed E-state index contributed by atoms with van der Waals surface area (Å²) in [6.07, 6.45) is -1.10. The number of ether oxygens (including phenoxy) is 4. The Hall–Kier alpha value is -2.05. The molecule has 60 heavy (non-hydrogen) atoms. The van der Waals surface area contributed by atoms with Crippen LogP contribution in [-0.2, 0) is 38.1 Å². The van der Waals surface area contributed by atoms with Gasteiger partial charge in [-0.25, -0.2) is 4.31 Å². The third-order valence-electron chi connectivity index (χ3n) is 13.4. The van der Waals surface area contributed by atoms with Crippen LogP contribution in [0.2, 0.25) is 0 Å². The maximum absolute atomic E-state index is 14.7. The second-order valence-electron chi connectivity index (χ2n) is 23.3. The molecule has 0 spiro atoms. The molecule has 0 aromatic rings. The minimum Gasteiger partial charge on any atom is -0.462 e. The van der Waals surface area contributed by atoms with Crippen molar-refractivity contribution >= 4 is 36.7 Å². The van der Waals surface area contributed by atoms with Crippen molar-refractivity contribution in [3.8, 4) is 0 Å². The Morgan fingerprint density at radius 2 is 0.633 bits per heavy atom. The van der Waals surface area contributed by atoms with Crippen LogP contribution in [0.25, 0.3) is 0 Å². The van der Waals surface area contributed by atoms with Crippen molar-refractivity contribution in [3.63, 3.8) is 0 Å². The number of hydroxylamine groups is 6. The fourth-order valence-corrected chi connectivity index (χ4v) is 11.3. The average Bonchev–Trinajstić information content (AvgIpc) is 3.04. The van der Waals surface area contributed by atoms with Gasteiger partial charge in [0, 0.05) is 95.7 Å². The van der Waals surface area contributed by atoms with Gasteiger partial charge in [0.15, 0.2) is 0 Å². The van der Waals surface area contributed by atoms with Crippen LogP contribution < -0.4 is 0 Å². The molecule has 0 saturated carbocycles. The fraction of sp³-hybridized carbons (Fsp3) is 0.909. The zero-order valence-electron chi connectivity index (χ0n) is 39.4. The van der Waals surface area contributed by atoms with Crippen LogP contribution in [0.15, 0.2) is 0 Å². The summed E-state index contributed by atoms with van der Waals surface area (Å²) in [6, 6.07) is 0. The first-order valence-electron chi connectivity index (χ1n) is 21.7. The van der Waals surface area contributed by atoms with E-state index in [1.807, 2.05) is 115 Å². The molecule has 4 saturated heterocycles. The molecule has 4 rings (SSSR count). The lowest BCUT2D eigenvalue weighted by Crippen LogP contribution is -2.61. The fourth-order valence-electron chi connectivity index (χ4n) is 11.2. The van der Waals surface area contributed by atoms with Gasteiger partial charge in [0.25, 0.3) is 0 Å². The zero-order chi connectivity index (χ0) is 46.0. The summed E-state index contributed by atoms with van der Waals surface area (Å²) in [7, 11) is 0. The van der Waals surface area contributed by atoms with E-state index in [1.165, 1.54) is 15.2 Å². The van der Waals surface area contributed by atoms with E-state index >= 15 is 0 Å². The Morgan fingerprint density at radius 1 is 0.433 bits per heavy atom. The van der Waals surface area contributed by atoms with E-state index in [2.05, 4.69) is 0 Å². The lowest BCUT2D eigenvalue weighted by Gasteiger charge is -2.52. The van der Waals surface area contributed by atoms with Crippen LogP contribution >= 0.6 is 12.8 Å². The first-order valence-corrected chi connectivity index (χ1v) is 22.1. The molecule has 4 aliphatic rings. The molecular formula is C44H78N4O11S. The van der Waals surface area contributed by atoms with E-state index in [0.717, 1.165) is 0 Å². The van der Waals surface area contributed by atoms with Gasteiger partial charge in [-0.1, -0.05) is 12.8 Å². The highest BCUT2D eigenvalue weighted by molar-refractivity contribution is 7.77. The molecule has 0 aromatic heterocycles. The quantitative estimate of drug-likeness (QED) is 0.0925. The van der Waals surface area contributed by atoms with Crippen molar-refractivity contribution in [3.05, 3.63) is 0 Å². The monoisotopic (exact) mass is 871 g/mol. The smallest absolute Gasteiger partial charge is 0.310 e. The Bertz CT molecular complexity index is 1420. The van der Waals surface area contributed by atoms with Crippen LogP contribution in [0.4, 0.5) is 0 Å². The predicted molar refractivity (Wildman–Crippen MR) is 227 cm³/mol. The highest BCUT2D eigenvalue weighted by atomic mass is 32.1. The summed E-state index contributed by atoms with van der Waals surface area (Å²) in [5.74, 6) is -6.22. The van der Waals surface area contributed by atoms with Gasteiger partial charge < -0.3 is 34.6 Å². The maximum Gasteiger partial charge on any atom is 0.310 e. The molecule has 346 valence electrons. The molecule has 0 aromatic carbocycles. The normalized spacial score (nSPS) is 28.3. The minimum absolute atomic E-state index is 0.262. The lowest BCUT2D eigenvalue weighted by atomic mass is 9.79. The number of nitrogens with zero attached hydrogens (tertiary/aromatic N) is 4. The summed E-state index contributed by atoms with van der Waals surface area (Å²) < 4.78 is 26.5. The molecule has 0 radical (unpaired) electrons. The second kappa shape index (κ2) is 17.2. The van der Waals surface area contributed by atoms with E-state index in [1.54, 1.807) is 0 Å². The van der Waals surface area contributed by atoms with Crippen molar-refractivity contribution in [1.29, 1.82) is 0 Å². The number of thiol groups is 1. The molecule has 0 amide bonds. The largest absolute Gasteiger partial charge is 0.462 e. The lowest BCUT2D eigenvalue weighted by molar-refractivity contribution is -0.261. The zero-order valence-corrected chi connectivity index (χ0v) is 40.3. The minimum atomic E-state index is -1.51. The third kappa shape index (κ3) is 11.4. The molecule has 4 fully saturated rings. The van der Waals surface area contributed by atoms with Gasteiger partial charge in [0.2, 0.25) is 0 Å². The number of hydrogen-bond acceptors (Lipinski definition) is 16. The molecule has 16 heteroatoms. The first kappa shape index (κ1) is 50.6. The van der Waals surface area contributed by atoms with Crippen molar-refractivity contribution in [1.82, 2.24) is 19.5 Å². The maximum atomic E-state index is 14.7. The van der Waals surface area contributed by atoms with E-state index in [-0.39, 0.29) is 12.8 Å². The highest BCUT2D eigenvalue weighted by Gasteiger charge is 2.52. The Balaban J connectivity index is 1.72. The van der Waals surface area contributed by atoms with Crippen LogP contribution in [0.3, 0.4) is 0 Å². The number of hydrogen-bond donors (Lipinski definition) is 4. The summed E-state index contributed by atoms with van der Waals surface area (Å²) >= 11 is 4.77.